The summed E-state index contributed by atoms with van der Waals surface area (Å²) < 4.78 is 4.82. The van der Waals surface area contributed by atoms with Gasteiger partial charge in [0.1, 0.15) is 6.04 Å². The Morgan fingerprint density at radius 3 is 2.47 bits per heavy atom. The van der Waals surface area contributed by atoms with Crippen LogP contribution in [0.25, 0.3) is 0 Å². The fraction of sp³-hybridized carbons (Fsp3) is 0.500. The average molecular weight is 235 g/mol. The zero-order valence-electron chi connectivity index (χ0n) is 10.8. The molecule has 1 rings (SSSR count). The first-order chi connectivity index (χ1) is 8.13. The summed E-state index contributed by atoms with van der Waals surface area (Å²) in [5.74, 6) is 0.312. The summed E-state index contributed by atoms with van der Waals surface area (Å²) in [6, 6.07) is 9.71. The molecule has 1 aromatic rings. The summed E-state index contributed by atoms with van der Waals surface area (Å²) in [6.07, 6.45) is 0.667. The highest BCUT2D eigenvalue weighted by Crippen LogP contribution is 2.05. The minimum atomic E-state index is -0.259. The molecule has 1 unspecified atom stereocenters. The van der Waals surface area contributed by atoms with Crippen molar-refractivity contribution in [1.82, 2.24) is 5.32 Å². The van der Waals surface area contributed by atoms with Crippen LogP contribution in [-0.4, -0.2) is 25.7 Å². The normalized spacial score (nSPS) is 12.5. The molecular weight excluding hydrogens is 214 g/mol. The van der Waals surface area contributed by atoms with Crippen LogP contribution in [0.2, 0.25) is 0 Å². The average Bonchev–Trinajstić information content (AvgIpc) is 2.34. The minimum Gasteiger partial charge on any atom is -0.468 e. The Bertz CT molecular complexity index is 335. The Labute approximate surface area is 103 Å². The lowest BCUT2D eigenvalue weighted by molar-refractivity contribution is -0.143. The number of nitrogens with one attached hydrogen (secondary N) is 1. The second kappa shape index (κ2) is 7.07. The van der Waals surface area contributed by atoms with Gasteiger partial charge in [0.15, 0.2) is 0 Å². The van der Waals surface area contributed by atoms with Gasteiger partial charge in [-0.25, -0.2) is 0 Å². The molecule has 17 heavy (non-hydrogen) atoms. The van der Waals surface area contributed by atoms with Crippen LogP contribution in [-0.2, 0) is 16.0 Å². The van der Waals surface area contributed by atoms with Gasteiger partial charge in [-0.1, -0.05) is 44.2 Å². The van der Waals surface area contributed by atoms with E-state index in [1.807, 2.05) is 30.3 Å². The zero-order chi connectivity index (χ0) is 12.7. The van der Waals surface area contributed by atoms with Gasteiger partial charge >= 0.3 is 5.97 Å². The molecule has 0 bridgehead atoms. The lowest BCUT2D eigenvalue weighted by atomic mass is 10.1. The quantitative estimate of drug-likeness (QED) is 0.767. The first-order valence-corrected chi connectivity index (χ1v) is 5.98. The lowest BCUT2D eigenvalue weighted by Crippen LogP contribution is -2.41. The predicted octanol–water partition coefficient (Wildman–Crippen LogP) is 2.02. The number of esters is 1. The van der Waals surface area contributed by atoms with Gasteiger partial charge in [-0.3, -0.25) is 4.79 Å². The highest BCUT2D eigenvalue weighted by molar-refractivity contribution is 5.76. The Kier molecular flexibility index (Phi) is 5.70. The molecule has 0 aliphatic rings. The van der Waals surface area contributed by atoms with E-state index in [4.69, 9.17) is 4.74 Å². The second-order valence-electron chi connectivity index (χ2n) is 4.57. The lowest BCUT2D eigenvalue weighted by Gasteiger charge is -2.17. The fourth-order valence-corrected chi connectivity index (χ4v) is 1.61. The summed E-state index contributed by atoms with van der Waals surface area (Å²) in [5.41, 5.74) is 1.14. The molecule has 0 heterocycles. The standard InChI is InChI=1S/C14H21NO2/c1-11(2)10-15-13(14(16)17-3)9-12-7-5-4-6-8-12/h4-8,11,13,15H,9-10H2,1-3H3. The molecule has 0 saturated carbocycles. The van der Waals surface area contributed by atoms with E-state index in [2.05, 4.69) is 19.2 Å². The minimum absolute atomic E-state index is 0.200. The SMILES string of the molecule is COC(=O)C(Cc1ccccc1)NCC(C)C. The van der Waals surface area contributed by atoms with Gasteiger partial charge in [0.05, 0.1) is 7.11 Å². The van der Waals surface area contributed by atoms with E-state index in [-0.39, 0.29) is 12.0 Å². The molecule has 0 spiro atoms. The first kappa shape index (κ1) is 13.7. The molecule has 0 aliphatic carbocycles. The number of ether oxygens (including phenoxy) is 1. The largest absolute Gasteiger partial charge is 0.468 e. The van der Waals surface area contributed by atoms with E-state index in [1.165, 1.54) is 7.11 Å². The van der Waals surface area contributed by atoms with Crippen molar-refractivity contribution in [2.45, 2.75) is 26.3 Å². The van der Waals surface area contributed by atoms with Crippen molar-refractivity contribution in [1.29, 1.82) is 0 Å². The fourth-order valence-electron chi connectivity index (χ4n) is 1.61. The van der Waals surface area contributed by atoms with Gasteiger partial charge in [-0.2, -0.15) is 0 Å². The summed E-state index contributed by atoms with van der Waals surface area (Å²) in [5, 5.41) is 3.24. The van der Waals surface area contributed by atoms with Crippen molar-refractivity contribution in [3.63, 3.8) is 0 Å². The Morgan fingerprint density at radius 2 is 1.94 bits per heavy atom. The maximum atomic E-state index is 11.6. The monoisotopic (exact) mass is 235 g/mol. The molecule has 0 fully saturated rings. The van der Waals surface area contributed by atoms with Crippen LogP contribution < -0.4 is 5.32 Å². The number of rotatable bonds is 6. The Morgan fingerprint density at radius 1 is 1.29 bits per heavy atom. The molecule has 0 aromatic heterocycles. The molecular formula is C14H21NO2. The number of carbonyl (C=O) groups is 1. The van der Waals surface area contributed by atoms with Crippen LogP contribution in [0.3, 0.4) is 0 Å². The van der Waals surface area contributed by atoms with Crippen molar-refractivity contribution in [2.75, 3.05) is 13.7 Å². The summed E-state index contributed by atoms with van der Waals surface area (Å²) in [7, 11) is 1.43. The second-order valence-corrected chi connectivity index (χ2v) is 4.57. The molecule has 3 heteroatoms. The number of benzene rings is 1. The number of carbonyl (C=O) groups excluding carboxylic acids is 1. The van der Waals surface area contributed by atoms with E-state index in [0.717, 1.165) is 12.1 Å². The maximum Gasteiger partial charge on any atom is 0.323 e. The van der Waals surface area contributed by atoms with Crippen LogP contribution in [0.5, 0.6) is 0 Å². The van der Waals surface area contributed by atoms with Crippen LogP contribution in [0, 0.1) is 5.92 Å². The van der Waals surface area contributed by atoms with Gasteiger partial charge in [0, 0.05) is 0 Å². The third-order valence-corrected chi connectivity index (χ3v) is 2.54. The third-order valence-electron chi connectivity index (χ3n) is 2.54. The highest BCUT2D eigenvalue weighted by Gasteiger charge is 2.18. The number of hydrogen-bond acceptors (Lipinski definition) is 3. The third kappa shape index (κ3) is 5.00. The molecule has 1 atom stereocenters. The summed E-state index contributed by atoms with van der Waals surface area (Å²) in [4.78, 5) is 11.6. The van der Waals surface area contributed by atoms with Crippen LogP contribution in [0.4, 0.5) is 0 Å². The molecule has 0 saturated heterocycles. The van der Waals surface area contributed by atoms with Crippen molar-refractivity contribution in [3.05, 3.63) is 35.9 Å². The van der Waals surface area contributed by atoms with Gasteiger partial charge in [0.25, 0.3) is 0 Å². The maximum absolute atomic E-state index is 11.6. The number of methoxy groups -OCH3 is 1. The van der Waals surface area contributed by atoms with Gasteiger partial charge in [0.2, 0.25) is 0 Å². The first-order valence-electron chi connectivity index (χ1n) is 5.98. The van der Waals surface area contributed by atoms with Gasteiger partial charge in [-0.15, -0.1) is 0 Å². The van der Waals surface area contributed by atoms with E-state index < -0.39 is 0 Å². The van der Waals surface area contributed by atoms with Crippen LogP contribution in [0.1, 0.15) is 19.4 Å². The molecule has 0 amide bonds. The molecule has 0 radical (unpaired) electrons. The highest BCUT2D eigenvalue weighted by atomic mass is 16.5. The predicted molar refractivity (Wildman–Crippen MR) is 68.8 cm³/mol. The Balaban J connectivity index is 2.60. The van der Waals surface area contributed by atoms with Crippen molar-refractivity contribution >= 4 is 5.97 Å². The molecule has 3 nitrogen and oxygen atoms in total. The van der Waals surface area contributed by atoms with E-state index in [9.17, 15) is 4.79 Å². The van der Waals surface area contributed by atoms with Crippen LogP contribution >= 0.6 is 0 Å². The number of hydrogen-bond donors (Lipinski definition) is 1. The smallest absolute Gasteiger partial charge is 0.323 e. The van der Waals surface area contributed by atoms with E-state index >= 15 is 0 Å². The van der Waals surface area contributed by atoms with Crippen LogP contribution in [0.15, 0.2) is 30.3 Å². The molecule has 94 valence electrons. The molecule has 1 N–H and O–H groups in total. The van der Waals surface area contributed by atoms with Gasteiger partial charge in [-0.05, 0) is 24.4 Å². The van der Waals surface area contributed by atoms with E-state index in [1.54, 1.807) is 0 Å². The molecule has 1 aromatic carbocycles. The van der Waals surface area contributed by atoms with Crippen molar-refractivity contribution in [3.8, 4) is 0 Å². The summed E-state index contributed by atoms with van der Waals surface area (Å²) >= 11 is 0. The van der Waals surface area contributed by atoms with E-state index in [0.29, 0.717) is 12.3 Å². The Hall–Kier alpha value is -1.35. The topological polar surface area (TPSA) is 38.3 Å². The van der Waals surface area contributed by atoms with Crippen molar-refractivity contribution < 1.29 is 9.53 Å². The summed E-state index contributed by atoms with van der Waals surface area (Å²) in [6.45, 7) is 5.04. The molecule has 0 aliphatic heterocycles. The zero-order valence-corrected chi connectivity index (χ0v) is 10.8. The van der Waals surface area contributed by atoms with Crippen molar-refractivity contribution in [2.24, 2.45) is 5.92 Å². The van der Waals surface area contributed by atoms with Gasteiger partial charge < -0.3 is 10.1 Å².